The van der Waals surface area contributed by atoms with Crippen LogP contribution in [0.4, 0.5) is 0 Å². The molecule has 1 aliphatic rings. The maximum absolute atomic E-state index is 12.5. The lowest BCUT2D eigenvalue weighted by Crippen LogP contribution is -2.34. The molecule has 1 unspecified atom stereocenters. The molecule has 0 spiro atoms. The van der Waals surface area contributed by atoms with E-state index in [1.165, 1.54) is 0 Å². The number of hydrogen-bond donors (Lipinski definition) is 0. The summed E-state index contributed by atoms with van der Waals surface area (Å²) in [6.07, 6.45) is 0.437. The number of fused-ring (bicyclic) bond motifs is 1. The first-order chi connectivity index (χ1) is 9.93. The van der Waals surface area contributed by atoms with E-state index in [1.807, 2.05) is 20.8 Å². The second-order valence-electron chi connectivity index (χ2n) is 5.68. The van der Waals surface area contributed by atoms with Gasteiger partial charge < -0.3 is 4.74 Å². The van der Waals surface area contributed by atoms with Gasteiger partial charge in [-0.2, -0.15) is 0 Å². The van der Waals surface area contributed by atoms with E-state index >= 15 is 0 Å². The Morgan fingerprint density at radius 3 is 2.76 bits per heavy atom. The van der Waals surface area contributed by atoms with E-state index in [2.05, 4.69) is 0 Å². The molecule has 4 nitrogen and oxygen atoms in total. The molecule has 0 bridgehead atoms. The predicted octanol–water partition coefficient (Wildman–Crippen LogP) is 3.79. The van der Waals surface area contributed by atoms with Crippen molar-refractivity contribution >= 4 is 23.5 Å². The topological polar surface area (TPSA) is 46.6 Å². The lowest BCUT2D eigenvalue weighted by molar-refractivity contribution is -0.157. The molecule has 0 aromatic heterocycles. The van der Waals surface area contributed by atoms with Crippen LogP contribution in [0.5, 0.6) is 0 Å². The van der Waals surface area contributed by atoms with Crippen molar-refractivity contribution in [3.05, 3.63) is 34.3 Å². The minimum absolute atomic E-state index is 0.129. The van der Waals surface area contributed by atoms with Crippen molar-refractivity contribution < 1.29 is 14.3 Å². The van der Waals surface area contributed by atoms with E-state index in [0.717, 1.165) is 12.0 Å². The van der Waals surface area contributed by atoms with E-state index in [0.29, 0.717) is 23.6 Å². The van der Waals surface area contributed by atoms with Crippen LogP contribution in [0.25, 0.3) is 0 Å². The average Bonchev–Trinajstić information content (AvgIpc) is 2.64. The number of nitrogens with zero attached hydrogens (tertiary/aromatic N) is 1. The molecule has 1 aromatic carbocycles. The number of amides is 1. The highest BCUT2D eigenvalue weighted by atomic mass is 35.5. The summed E-state index contributed by atoms with van der Waals surface area (Å²) in [5.74, 6) is -0.131. The summed E-state index contributed by atoms with van der Waals surface area (Å²) in [7, 11) is 0. The van der Waals surface area contributed by atoms with E-state index in [1.54, 1.807) is 23.1 Å². The molecule has 0 saturated heterocycles. The molecular formula is C16H20ClNO3. The Labute approximate surface area is 130 Å². The average molecular weight is 310 g/mol. The smallest absolute Gasteiger partial charge is 0.307 e. The van der Waals surface area contributed by atoms with Crippen molar-refractivity contribution in [2.75, 3.05) is 6.54 Å². The monoisotopic (exact) mass is 309 g/mol. The molecule has 1 amide bonds. The van der Waals surface area contributed by atoms with Crippen molar-refractivity contribution in [1.29, 1.82) is 0 Å². The minimum Gasteiger partial charge on any atom is -0.437 e. The van der Waals surface area contributed by atoms with Crippen LogP contribution in [0.3, 0.4) is 0 Å². The molecule has 1 heterocycles. The zero-order valence-corrected chi connectivity index (χ0v) is 13.3. The first-order valence-corrected chi connectivity index (χ1v) is 7.61. The summed E-state index contributed by atoms with van der Waals surface area (Å²) < 4.78 is 5.53. The number of ether oxygens (including phenoxy) is 1. The Morgan fingerprint density at radius 2 is 2.14 bits per heavy atom. The van der Waals surface area contributed by atoms with Crippen LogP contribution in [0, 0.1) is 5.92 Å². The zero-order chi connectivity index (χ0) is 15.6. The quantitative estimate of drug-likeness (QED) is 0.777. The highest BCUT2D eigenvalue weighted by molar-refractivity contribution is 6.31. The van der Waals surface area contributed by atoms with Gasteiger partial charge in [0.1, 0.15) is 0 Å². The molecule has 21 heavy (non-hydrogen) atoms. The summed E-state index contributed by atoms with van der Waals surface area (Å²) in [6.45, 7) is 6.50. The molecule has 0 saturated carbocycles. The van der Waals surface area contributed by atoms with Gasteiger partial charge in [-0.25, -0.2) is 0 Å². The molecule has 114 valence electrons. The lowest BCUT2D eigenvalue weighted by atomic mass is 10.1. The lowest BCUT2D eigenvalue weighted by Gasteiger charge is -2.26. The van der Waals surface area contributed by atoms with E-state index in [9.17, 15) is 9.59 Å². The Balaban J connectivity index is 2.33. The van der Waals surface area contributed by atoms with E-state index in [4.69, 9.17) is 16.3 Å². The fraction of sp³-hybridized carbons (Fsp3) is 0.500. The van der Waals surface area contributed by atoms with Gasteiger partial charge in [0.2, 0.25) is 6.23 Å². The van der Waals surface area contributed by atoms with Crippen LogP contribution in [-0.2, 0) is 9.53 Å². The number of hydrogen-bond acceptors (Lipinski definition) is 3. The van der Waals surface area contributed by atoms with Crippen LogP contribution in [0.15, 0.2) is 18.2 Å². The summed E-state index contributed by atoms with van der Waals surface area (Å²) in [5, 5.41) is 0.507. The van der Waals surface area contributed by atoms with Crippen LogP contribution >= 0.6 is 11.6 Å². The molecule has 0 fully saturated rings. The van der Waals surface area contributed by atoms with Gasteiger partial charge in [0.15, 0.2) is 0 Å². The Morgan fingerprint density at radius 1 is 1.43 bits per heavy atom. The summed E-state index contributed by atoms with van der Waals surface area (Å²) in [5.41, 5.74) is 1.24. The number of carbonyl (C=O) groups excluding carboxylic acids is 2. The zero-order valence-electron chi connectivity index (χ0n) is 12.6. The molecule has 5 heteroatoms. The number of carbonyl (C=O) groups is 2. The van der Waals surface area contributed by atoms with Gasteiger partial charge >= 0.3 is 5.97 Å². The molecule has 0 radical (unpaired) electrons. The molecule has 0 N–H and O–H groups in total. The Hall–Kier alpha value is -1.55. The van der Waals surface area contributed by atoms with Gasteiger partial charge in [0.05, 0.1) is 0 Å². The van der Waals surface area contributed by atoms with Gasteiger partial charge in [-0.15, -0.1) is 0 Å². The second-order valence-corrected chi connectivity index (χ2v) is 6.11. The fourth-order valence-electron chi connectivity index (χ4n) is 2.44. The van der Waals surface area contributed by atoms with E-state index in [-0.39, 0.29) is 17.8 Å². The van der Waals surface area contributed by atoms with Crippen molar-refractivity contribution in [3.8, 4) is 0 Å². The third kappa shape index (κ3) is 3.38. The van der Waals surface area contributed by atoms with Crippen molar-refractivity contribution in [2.24, 2.45) is 5.92 Å². The van der Waals surface area contributed by atoms with Crippen LogP contribution in [0.2, 0.25) is 5.02 Å². The molecule has 1 atom stereocenters. The van der Waals surface area contributed by atoms with Gasteiger partial charge in [-0.3, -0.25) is 14.5 Å². The number of rotatable bonds is 5. The molecule has 1 aromatic rings. The number of esters is 1. The summed E-state index contributed by atoms with van der Waals surface area (Å²) in [6, 6.07) is 5.12. The summed E-state index contributed by atoms with van der Waals surface area (Å²) >= 11 is 5.97. The molecule has 2 rings (SSSR count). The third-order valence-electron chi connectivity index (χ3n) is 3.31. The maximum atomic E-state index is 12.5. The van der Waals surface area contributed by atoms with Crippen molar-refractivity contribution in [3.63, 3.8) is 0 Å². The maximum Gasteiger partial charge on any atom is 0.307 e. The second kappa shape index (κ2) is 6.48. The van der Waals surface area contributed by atoms with Crippen molar-refractivity contribution in [2.45, 2.75) is 39.8 Å². The van der Waals surface area contributed by atoms with Gasteiger partial charge in [0, 0.05) is 29.1 Å². The first kappa shape index (κ1) is 15.8. The van der Waals surface area contributed by atoms with Crippen LogP contribution in [-0.4, -0.2) is 23.3 Å². The van der Waals surface area contributed by atoms with Gasteiger partial charge in [-0.05, 0) is 24.5 Å². The normalized spacial score (nSPS) is 17.3. The predicted molar refractivity (Wildman–Crippen MR) is 81.1 cm³/mol. The highest BCUT2D eigenvalue weighted by Crippen LogP contribution is 2.36. The molecular weight excluding hydrogens is 290 g/mol. The largest absolute Gasteiger partial charge is 0.437 e. The highest BCUT2D eigenvalue weighted by Gasteiger charge is 2.39. The minimum atomic E-state index is -0.633. The summed E-state index contributed by atoms with van der Waals surface area (Å²) in [4.78, 5) is 25.9. The Kier molecular flexibility index (Phi) is 4.88. The number of halogens is 1. The third-order valence-corrected chi connectivity index (χ3v) is 3.55. The molecule has 1 aliphatic heterocycles. The Bertz CT molecular complexity index is 556. The SMILES string of the molecule is CCCC(=O)OC1c2ccc(Cl)cc2C(=O)N1CC(C)C. The number of benzene rings is 1. The van der Waals surface area contributed by atoms with Gasteiger partial charge in [-0.1, -0.05) is 38.4 Å². The van der Waals surface area contributed by atoms with Crippen LogP contribution < -0.4 is 0 Å². The van der Waals surface area contributed by atoms with Gasteiger partial charge in [0.25, 0.3) is 5.91 Å². The fourth-order valence-corrected chi connectivity index (χ4v) is 2.62. The van der Waals surface area contributed by atoms with E-state index < -0.39 is 6.23 Å². The molecule has 0 aliphatic carbocycles. The van der Waals surface area contributed by atoms with Crippen LogP contribution in [0.1, 0.15) is 55.8 Å². The first-order valence-electron chi connectivity index (χ1n) is 7.24. The van der Waals surface area contributed by atoms with Crippen molar-refractivity contribution in [1.82, 2.24) is 4.90 Å². The standard InChI is InChI=1S/C16H20ClNO3/c1-4-5-14(19)21-16-12-7-6-11(17)8-13(12)15(20)18(16)9-10(2)3/h6-8,10,16H,4-5,9H2,1-3H3.